The molecule has 0 radical (unpaired) electrons. The van der Waals surface area contributed by atoms with E-state index in [0.29, 0.717) is 0 Å². The fourth-order valence-corrected chi connectivity index (χ4v) is 0.984. The van der Waals surface area contributed by atoms with E-state index in [-0.39, 0.29) is 0 Å². The monoisotopic (exact) mass is 218 g/mol. The van der Waals surface area contributed by atoms with E-state index in [1.807, 2.05) is 0 Å². The molecule has 0 saturated carbocycles. The topological polar surface area (TPSA) is 118 Å². The van der Waals surface area contributed by atoms with Crippen LogP contribution in [0.1, 0.15) is 13.8 Å². The van der Waals surface area contributed by atoms with Crippen LogP contribution in [-0.2, 0) is 23.9 Å². The standard InChI is InChI=1S/C8H10O7/c1-4(9)8(5(2)10,7(13)14)15-3-6(11)12/h3H2,1-2H3,(H,11,12)(H,13,14). The van der Waals surface area contributed by atoms with E-state index in [1.54, 1.807) is 0 Å². The molecule has 0 amide bonds. The van der Waals surface area contributed by atoms with Crippen LogP contribution in [0.25, 0.3) is 0 Å². The number of hydrogen-bond donors (Lipinski definition) is 2. The third-order valence-electron chi connectivity index (χ3n) is 1.70. The van der Waals surface area contributed by atoms with Crippen molar-refractivity contribution in [2.24, 2.45) is 0 Å². The van der Waals surface area contributed by atoms with Gasteiger partial charge in [0.2, 0.25) is 0 Å². The molecule has 84 valence electrons. The molecule has 0 bridgehead atoms. The van der Waals surface area contributed by atoms with E-state index in [9.17, 15) is 19.2 Å². The van der Waals surface area contributed by atoms with Crippen molar-refractivity contribution in [1.29, 1.82) is 0 Å². The zero-order valence-corrected chi connectivity index (χ0v) is 8.14. The zero-order chi connectivity index (χ0) is 12.2. The first-order valence-corrected chi connectivity index (χ1v) is 3.86. The number of Topliss-reactive ketones (excluding diaryl/α,β-unsaturated/α-hetero) is 2. The number of ketones is 2. The van der Waals surface area contributed by atoms with Gasteiger partial charge in [-0.2, -0.15) is 0 Å². The second-order valence-corrected chi connectivity index (χ2v) is 2.78. The number of hydrogen-bond acceptors (Lipinski definition) is 5. The fourth-order valence-electron chi connectivity index (χ4n) is 0.984. The first kappa shape index (κ1) is 13.2. The van der Waals surface area contributed by atoms with Gasteiger partial charge in [-0.15, -0.1) is 0 Å². The average Bonchev–Trinajstić information content (AvgIpc) is 2.02. The van der Waals surface area contributed by atoms with Gasteiger partial charge in [-0.05, 0) is 13.8 Å². The van der Waals surface area contributed by atoms with Crippen LogP contribution in [-0.4, -0.2) is 45.9 Å². The molecular weight excluding hydrogens is 208 g/mol. The molecule has 2 N–H and O–H groups in total. The number of aliphatic carboxylic acids is 2. The number of carboxylic acids is 2. The second kappa shape index (κ2) is 4.65. The van der Waals surface area contributed by atoms with Crippen LogP contribution in [0.5, 0.6) is 0 Å². The number of carboxylic acid groups (broad SMARTS) is 2. The minimum atomic E-state index is -2.71. The number of ether oxygens (including phenoxy) is 1. The molecule has 0 aromatic carbocycles. The highest BCUT2D eigenvalue weighted by Gasteiger charge is 2.50. The second-order valence-electron chi connectivity index (χ2n) is 2.78. The van der Waals surface area contributed by atoms with Gasteiger partial charge in [0.15, 0.2) is 11.6 Å². The van der Waals surface area contributed by atoms with Gasteiger partial charge in [0.25, 0.3) is 5.60 Å². The highest BCUT2D eigenvalue weighted by Crippen LogP contribution is 2.15. The van der Waals surface area contributed by atoms with Gasteiger partial charge >= 0.3 is 11.9 Å². The molecule has 0 spiro atoms. The molecule has 0 aromatic heterocycles. The Morgan fingerprint density at radius 2 is 1.47 bits per heavy atom. The van der Waals surface area contributed by atoms with Crippen molar-refractivity contribution in [3.8, 4) is 0 Å². The summed E-state index contributed by atoms with van der Waals surface area (Å²) in [7, 11) is 0. The molecule has 7 heteroatoms. The van der Waals surface area contributed by atoms with E-state index >= 15 is 0 Å². The Morgan fingerprint density at radius 3 is 1.67 bits per heavy atom. The van der Waals surface area contributed by atoms with Crippen LogP contribution in [0, 0.1) is 0 Å². The lowest BCUT2D eigenvalue weighted by atomic mass is 9.94. The summed E-state index contributed by atoms with van der Waals surface area (Å²) in [4.78, 5) is 43.0. The third-order valence-corrected chi connectivity index (χ3v) is 1.70. The Morgan fingerprint density at radius 1 is 1.07 bits per heavy atom. The fraction of sp³-hybridized carbons (Fsp3) is 0.500. The van der Waals surface area contributed by atoms with Crippen molar-refractivity contribution < 1.29 is 34.1 Å². The number of carbonyl (C=O) groups is 4. The molecule has 0 aliphatic heterocycles. The average molecular weight is 218 g/mol. The molecule has 0 rings (SSSR count). The summed E-state index contributed by atoms with van der Waals surface area (Å²) in [6.07, 6.45) is 0. The largest absolute Gasteiger partial charge is 0.480 e. The maximum atomic E-state index is 11.0. The van der Waals surface area contributed by atoms with E-state index in [2.05, 4.69) is 4.74 Å². The molecule has 0 atom stereocenters. The molecule has 7 nitrogen and oxygen atoms in total. The van der Waals surface area contributed by atoms with Crippen LogP contribution in [0.4, 0.5) is 0 Å². The van der Waals surface area contributed by atoms with Gasteiger partial charge in [0, 0.05) is 0 Å². The summed E-state index contributed by atoms with van der Waals surface area (Å²) in [5.41, 5.74) is -2.71. The molecule has 0 unspecified atom stereocenters. The summed E-state index contributed by atoms with van der Waals surface area (Å²) in [5.74, 6) is -5.42. The minimum absolute atomic E-state index is 0.845. The predicted molar refractivity (Wildman–Crippen MR) is 45.3 cm³/mol. The van der Waals surface area contributed by atoms with Crippen molar-refractivity contribution in [2.75, 3.05) is 6.61 Å². The summed E-state index contributed by atoms with van der Waals surface area (Å²) < 4.78 is 4.38. The highest BCUT2D eigenvalue weighted by atomic mass is 16.6. The lowest BCUT2D eigenvalue weighted by Crippen LogP contribution is -2.54. The Kier molecular flexibility index (Phi) is 4.10. The smallest absolute Gasteiger partial charge is 0.351 e. The van der Waals surface area contributed by atoms with Gasteiger partial charge in [-0.3, -0.25) is 9.59 Å². The maximum absolute atomic E-state index is 11.0. The SMILES string of the molecule is CC(=O)C(OCC(=O)O)(C(C)=O)C(=O)O. The van der Waals surface area contributed by atoms with Crippen molar-refractivity contribution in [3.63, 3.8) is 0 Å². The van der Waals surface area contributed by atoms with Crippen LogP contribution >= 0.6 is 0 Å². The molecule has 15 heavy (non-hydrogen) atoms. The summed E-state index contributed by atoms with van der Waals surface area (Å²) in [6, 6.07) is 0. The molecule has 0 saturated heterocycles. The Labute approximate surface area is 84.6 Å². The Hall–Kier alpha value is -1.76. The summed E-state index contributed by atoms with van der Waals surface area (Å²) in [5, 5.41) is 17.0. The normalized spacial score (nSPS) is 10.8. The van der Waals surface area contributed by atoms with Crippen LogP contribution in [0.15, 0.2) is 0 Å². The van der Waals surface area contributed by atoms with Gasteiger partial charge < -0.3 is 14.9 Å². The lowest BCUT2D eigenvalue weighted by Gasteiger charge is -2.22. The lowest BCUT2D eigenvalue weighted by molar-refractivity contribution is -0.178. The van der Waals surface area contributed by atoms with Gasteiger partial charge in [0.05, 0.1) is 0 Å². The van der Waals surface area contributed by atoms with Gasteiger partial charge in [-0.25, -0.2) is 9.59 Å². The molecule has 0 aromatic rings. The Balaban J connectivity index is 5.15. The first-order chi connectivity index (χ1) is 6.75. The summed E-state index contributed by atoms with van der Waals surface area (Å²) >= 11 is 0. The highest BCUT2D eigenvalue weighted by molar-refractivity contribution is 6.24. The van der Waals surface area contributed by atoms with Crippen LogP contribution in [0.3, 0.4) is 0 Å². The van der Waals surface area contributed by atoms with Crippen LogP contribution in [0.2, 0.25) is 0 Å². The quantitative estimate of drug-likeness (QED) is 0.554. The third kappa shape index (κ3) is 2.59. The van der Waals surface area contributed by atoms with Crippen molar-refractivity contribution >= 4 is 23.5 Å². The Bertz CT molecular complexity index is 281. The van der Waals surface area contributed by atoms with E-state index in [0.717, 1.165) is 13.8 Å². The number of carbonyl (C=O) groups excluding carboxylic acids is 2. The summed E-state index contributed by atoms with van der Waals surface area (Å²) in [6.45, 7) is 0.653. The van der Waals surface area contributed by atoms with E-state index in [4.69, 9.17) is 10.2 Å². The van der Waals surface area contributed by atoms with Crippen molar-refractivity contribution in [3.05, 3.63) is 0 Å². The predicted octanol–water partition coefficient (Wildman–Crippen LogP) is -0.911. The molecule has 0 aliphatic rings. The zero-order valence-electron chi connectivity index (χ0n) is 8.14. The van der Waals surface area contributed by atoms with Crippen molar-refractivity contribution in [2.45, 2.75) is 19.4 Å². The molecule has 0 fully saturated rings. The van der Waals surface area contributed by atoms with E-state index < -0.39 is 35.7 Å². The molecule has 0 heterocycles. The van der Waals surface area contributed by atoms with E-state index in [1.165, 1.54) is 0 Å². The van der Waals surface area contributed by atoms with Gasteiger partial charge in [0.1, 0.15) is 6.61 Å². The molecule has 0 aliphatic carbocycles. The number of rotatable bonds is 6. The minimum Gasteiger partial charge on any atom is -0.480 e. The maximum Gasteiger partial charge on any atom is 0.351 e. The first-order valence-electron chi connectivity index (χ1n) is 3.86. The van der Waals surface area contributed by atoms with Crippen LogP contribution < -0.4 is 0 Å². The van der Waals surface area contributed by atoms with Gasteiger partial charge in [-0.1, -0.05) is 0 Å². The molecular formula is C8H10O7. The van der Waals surface area contributed by atoms with Crippen molar-refractivity contribution in [1.82, 2.24) is 0 Å².